The van der Waals surface area contributed by atoms with Gasteiger partial charge in [0, 0.05) is 40.4 Å². The first-order valence-electron chi connectivity index (χ1n) is 19.5. The fourth-order valence-corrected chi connectivity index (χ4v) is 7.74. The number of hydrogen-bond donors (Lipinski definition) is 0. The van der Waals surface area contributed by atoms with Crippen LogP contribution in [0.2, 0.25) is 0 Å². The maximum atomic E-state index is 6.81. The highest BCUT2D eigenvalue weighted by Crippen LogP contribution is 2.37. The molecule has 0 N–H and O–H groups in total. The Morgan fingerprint density at radius 2 is 1.47 bits per heavy atom. The number of benzene rings is 4. The Kier molecular flexibility index (Phi) is 10.5. The molecule has 272 valence electrons. The van der Waals surface area contributed by atoms with E-state index in [4.69, 9.17) is 14.8 Å². The number of fused-ring (bicyclic) bond motifs is 3. The van der Waals surface area contributed by atoms with Crippen molar-refractivity contribution in [2.45, 2.75) is 99.8 Å². The second kappa shape index (κ2) is 15.4. The average Bonchev–Trinajstić information content (AvgIpc) is 3.62. The van der Waals surface area contributed by atoms with Gasteiger partial charge in [0.1, 0.15) is 17.3 Å². The SMILES string of the molecule is CCCCCc1cc(Oc2ccc3c4cc(CCCCC(C)(C)C)ccc4n(-c4cc(C)ccn4)c3c2)cc(-n2nc(C)c(-c3ccccc3)c2C)c1. The molecule has 0 aliphatic rings. The number of pyridine rings is 1. The standard InChI is InChI=1S/C48H54N4O/c1-8-9-11-17-37-28-39(52-35(4)47(34(3)50-52)38-18-12-10-13-19-38)31-41(29-37)53-40-21-22-42-43-30-36(16-14-15-25-48(5,6)7)20-23-44(43)51(45(42)32-40)46-27-33(2)24-26-49-46/h10,12-13,18-24,26-32H,8-9,11,14-17,25H2,1-7H3. The lowest BCUT2D eigenvalue weighted by Crippen LogP contribution is -2.04. The number of aromatic nitrogens is 4. The minimum absolute atomic E-state index is 0.374. The van der Waals surface area contributed by atoms with Crippen LogP contribution in [0.1, 0.15) is 94.3 Å². The summed E-state index contributed by atoms with van der Waals surface area (Å²) in [7, 11) is 0. The van der Waals surface area contributed by atoms with Crippen molar-refractivity contribution in [2.75, 3.05) is 0 Å². The van der Waals surface area contributed by atoms with Gasteiger partial charge >= 0.3 is 0 Å². The van der Waals surface area contributed by atoms with Gasteiger partial charge in [0.25, 0.3) is 0 Å². The third-order valence-electron chi connectivity index (χ3n) is 10.4. The predicted octanol–water partition coefficient (Wildman–Crippen LogP) is 13.2. The van der Waals surface area contributed by atoms with Crippen LogP contribution in [-0.4, -0.2) is 19.3 Å². The Morgan fingerprint density at radius 3 is 2.25 bits per heavy atom. The van der Waals surface area contributed by atoms with Gasteiger partial charge in [-0.15, -0.1) is 0 Å². The molecule has 5 heteroatoms. The Morgan fingerprint density at radius 1 is 0.679 bits per heavy atom. The van der Waals surface area contributed by atoms with Crippen LogP contribution in [0.15, 0.2) is 103 Å². The van der Waals surface area contributed by atoms with Crippen molar-refractivity contribution in [3.63, 3.8) is 0 Å². The molecule has 0 radical (unpaired) electrons. The van der Waals surface area contributed by atoms with Gasteiger partial charge in [-0.05, 0) is 129 Å². The van der Waals surface area contributed by atoms with E-state index in [9.17, 15) is 0 Å². The molecule has 7 aromatic rings. The summed E-state index contributed by atoms with van der Waals surface area (Å²) in [4.78, 5) is 4.85. The Balaban J connectivity index is 1.28. The van der Waals surface area contributed by atoms with Gasteiger partial charge < -0.3 is 4.74 Å². The highest BCUT2D eigenvalue weighted by atomic mass is 16.5. The first-order chi connectivity index (χ1) is 25.6. The number of nitrogens with zero attached hydrogens (tertiary/aromatic N) is 4. The van der Waals surface area contributed by atoms with Crippen LogP contribution in [0.25, 0.3) is 44.4 Å². The molecule has 4 aromatic carbocycles. The molecule has 0 atom stereocenters. The lowest BCUT2D eigenvalue weighted by atomic mass is 9.89. The molecule has 0 fully saturated rings. The maximum Gasteiger partial charge on any atom is 0.137 e. The van der Waals surface area contributed by atoms with Crippen molar-refractivity contribution in [3.8, 4) is 34.1 Å². The lowest BCUT2D eigenvalue weighted by molar-refractivity contribution is 0.360. The monoisotopic (exact) mass is 702 g/mol. The fraction of sp³-hybridized carbons (Fsp3) is 0.333. The van der Waals surface area contributed by atoms with Crippen LogP contribution in [0.5, 0.6) is 11.5 Å². The molecular weight excluding hydrogens is 649 g/mol. The largest absolute Gasteiger partial charge is 0.457 e. The van der Waals surface area contributed by atoms with Crippen molar-refractivity contribution < 1.29 is 4.74 Å². The van der Waals surface area contributed by atoms with E-state index in [1.165, 1.54) is 70.7 Å². The van der Waals surface area contributed by atoms with Crippen LogP contribution in [0, 0.1) is 26.2 Å². The average molecular weight is 703 g/mol. The van der Waals surface area contributed by atoms with Gasteiger partial charge in [-0.3, -0.25) is 4.57 Å². The smallest absolute Gasteiger partial charge is 0.137 e. The molecule has 0 bridgehead atoms. The highest BCUT2D eigenvalue weighted by molar-refractivity contribution is 6.09. The fourth-order valence-electron chi connectivity index (χ4n) is 7.74. The Hall–Kier alpha value is -5.16. The molecule has 0 saturated heterocycles. The summed E-state index contributed by atoms with van der Waals surface area (Å²) in [6.07, 6.45) is 11.2. The maximum absolute atomic E-state index is 6.81. The van der Waals surface area contributed by atoms with Gasteiger partial charge in [-0.2, -0.15) is 5.10 Å². The minimum Gasteiger partial charge on any atom is -0.457 e. The summed E-state index contributed by atoms with van der Waals surface area (Å²) in [6, 6.07) is 34.9. The zero-order chi connectivity index (χ0) is 37.1. The van der Waals surface area contributed by atoms with E-state index >= 15 is 0 Å². The quantitative estimate of drug-likeness (QED) is 0.112. The molecule has 0 spiro atoms. The van der Waals surface area contributed by atoms with Gasteiger partial charge in [-0.25, -0.2) is 9.67 Å². The summed E-state index contributed by atoms with van der Waals surface area (Å²) in [5.41, 5.74) is 12.0. The van der Waals surface area contributed by atoms with Crippen LogP contribution >= 0.6 is 0 Å². The minimum atomic E-state index is 0.374. The molecule has 0 aliphatic heterocycles. The van der Waals surface area contributed by atoms with Crippen molar-refractivity contribution >= 4 is 21.8 Å². The van der Waals surface area contributed by atoms with E-state index in [2.05, 4.69) is 155 Å². The van der Waals surface area contributed by atoms with Crippen LogP contribution in [0.3, 0.4) is 0 Å². The highest BCUT2D eigenvalue weighted by Gasteiger charge is 2.18. The van der Waals surface area contributed by atoms with Crippen LogP contribution < -0.4 is 4.74 Å². The van der Waals surface area contributed by atoms with E-state index in [0.717, 1.165) is 64.7 Å². The lowest BCUT2D eigenvalue weighted by Gasteiger charge is -2.17. The summed E-state index contributed by atoms with van der Waals surface area (Å²) < 4.78 is 11.2. The molecule has 5 nitrogen and oxygen atoms in total. The second-order valence-corrected chi connectivity index (χ2v) is 16.0. The van der Waals surface area contributed by atoms with Crippen LogP contribution in [-0.2, 0) is 12.8 Å². The van der Waals surface area contributed by atoms with Gasteiger partial charge in [0.05, 0.1) is 22.4 Å². The molecule has 7 rings (SSSR count). The third kappa shape index (κ3) is 8.10. The first kappa shape index (κ1) is 36.2. The topological polar surface area (TPSA) is 44.9 Å². The predicted molar refractivity (Wildman–Crippen MR) is 222 cm³/mol. The summed E-state index contributed by atoms with van der Waals surface area (Å²) in [6.45, 7) is 15.6. The summed E-state index contributed by atoms with van der Waals surface area (Å²) in [5, 5.41) is 7.51. The van der Waals surface area contributed by atoms with Gasteiger partial charge in [0.2, 0.25) is 0 Å². The third-order valence-corrected chi connectivity index (χ3v) is 10.4. The molecule has 53 heavy (non-hydrogen) atoms. The van der Waals surface area contributed by atoms with Crippen molar-refractivity contribution in [1.29, 1.82) is 0 Å². The molecule has 0 aliphatic carbocycles. The Bertz CT molecular complexity index is 2360. The molecule has 0 unspecified atom stereocenters. The summed E-state index contributed by atoms with van der Waals surface area (Å²) in [5.74, 6) is 2.53. The molecular formula is C48H54N4O. The van der Waals surface area contributed by atoms with E-state index in [0.29, 0.717) is 5.41 Å². The number of rotatable bonds is 13. The molecule has 3 aromatic heterocycles. The van der Waals surface area contributed by atoms with Crippen LogP contribution in [0.4, 0.5) is 0 Å². The molecule has 3 heterocycles. The first-order valence-corrected chi connectivity index (χ1v) is 19.5. The van der Waals surface area contributed by atoms with E-state index in [-0.39, 0.29) is 0 Å². The summed E-state index contributed by atoms with van der Waals surface area (Å²) >= 11 is 0. The number of ether oxygens (including phenoxy) is 1. The van der Waals surface area contributed by atoms with Gasteiger partial charge in [-0.1, -0.05) is 83.4 Å². The number of hydrogen-bond acceptors (Lipinski definition) is 3. The van der Waals surface area contributed by atoms with E-state index in [1.54, 1.807) is 0 Å². The number of unbranched alkanes of at least 4 members (excludes halogenated alkanes) is 3. The zero-order valence-electron chi connectivity index (χ0n) is 32.7. The van der Waals surface area contributed by atoms with Gasteiger partial charge in [0.15, 0.2) is 0 Å². The van der Waals surface area contributed by atoms with E-state index < -0.39 is 0 Å². The van der Waals surface area contributed by atoms with Crippen molar-refractivity contribution in [1.82, 2.24) is 19.3 Å². The Labute approximate surface area is 315 Å². The van der Waals surface area contributed by atoms with Crippen molar-refractivity contribution in [2.24, 2.45) is 5.41 Å². The number of aryl methyl sites for hydroxylation is 4. The second-order valence-electron chi connectivity index (χ2n) is 16.0. The molecule has 0 saturated carbocycles. The molecule has 0 amide bonds. The normalized spacial score (nSPS) is 11.9. The van der Waals surface area contributed by atoms with E-state index in [1.807, 2.05) is 6.20 Å². The van der Waals surface area contributed by atoms with Crippen molar-refractivity contribution in [3.05, 3.63) is 131 Å². The zero-order valence-corrected chi connectivity index (χ0v) is 32.7.